The molecule has 0 saturated carbocycles. The van der Waals surface area contributed by atoms with Gasteiger partial charge in [-0.15, -0.1) is 0 Å². The van der Waals surface area contributed by atoms with Crippen LogP contribution in [-0.4, -0.2) is 30.1 Å². The van der Waals surface area contributed by atoms with Gasteiger partial charge < -0.3 is 10.2 Å². The number of nitrogens with zero attached hydrogens (tertiary/aromatic N) is 4. The first kappa shape index (κ1) is 26.2. The summed E-state index contributed by atoms with van der Waals surface area (Å²) in [6.45, 7) is 0. The van der Waals surface area contributed by atoms with Crippen LogP contribution in [-0.2, 0) is 17.6 Å². The van der Waals surface area contributed by atoms with Crippen LogP contribution in [0.4, 0.5) is 0 Å². The molecule has 0 atom stereocenters. The first-order valence-electron chi connectivity index (χ1n) is 13.4. The molecule has 6 heteroatoms. The Morgan fingerprint density at radius 1 is 0.390 bits per heavy atom. The van der Waals surface area contributed by atoms with Crippen molar-refractivity contribution in [2.24, 2.45) is 0 Å². The summed E-state index contributed by atoms with van der Waals surface area (Å²) in [6.07, 6.45) is 6.93. The molecule has 6 rings (SSSR count). The van der Waals surface area contributed by atoms with E-state index in [-0.39, 0.29) is 0 Å². The third-order valence-electron chi connectivity index (χ3n) is 7.28. The molecule has 0 aliphatic carbocycles. The molecule has 0 aliphatic heterocycles. The molecular weight excluding hydrogens is 508 g/mol. The van der Waals surface area contributed by atoms with Gasteiger partial charge in [-0.1, -0.05) is 121 Å². The van der Waals surface area contributed by atoms with E-state index in [1.807, 2.05) is 121 Å². The van der Waals surface area contributed by atoms with Gasteiger partial charge in [0.2, 0.25) is 0 Å². The quantitative estimate of drug-likeness (QED) is 0.270. The van der Waals surface area contributed by atoms with Crippen LogP contribution in [0.15, 0.2) is 146 Å². The molecule has 0 amide bonds. The minimum absolute atomic E-state index is 0.394. The molecule has 6 aromatic rings. The topological polar surface area (TPSA) is 92.0 Å². The Labute approximate surface area is 238 Å². The van der Waals surface area contributed by atoms with Gasteiger partial charge in [0.25, 0.3) is 0 Å². The average Bonchev–Trinajstić information content (AvgIpc) is 3.06. The maximum Gasteiger partial charge on any atom is 0.158 e. The highest BCUT2D eigenvalue weighted by Gasteiger charge is 2.36. The van der Waals surface area contributed by atoms with E-state index in [0.29, 0.717) is 51.5 Å². The Hall–Kier alpha value is -5.04. The van der Waals surface area contributed by atoms with Gasteiger partial charge in [0.15, 0.2) is 11.2 Å². The predicted octanol–water partition coefficient (Wildman–Crippen LogP) is 5.43. The number of aliphatic hydroxyl groups is 2. The minimum Gasteiger partial charge on any atom is -0.374 e. The molecule has 41 heavy (non-hydrogen) atoms. The molecule has 2 N–H and O–H groups in total. The maximum absolute atomic E-state index is 12.0. The molecule has 2 heterocycles. The van der Waals surface area contributed by atoms with Gasteiger partial charge in [-0.2, -0.15) is 0 Å². The summed E-state index contributed by atoms with van der Waals surface area (Å²) in [5.41, 5.74) is 2.15. The maximum atomic E-state index is 12.0. The van der Waals surface area contributed by atoms with E-state index >= 15 is 0 Å². The highest BCUT2D eigenvalue weighted by atomic mass is 16.3. The Morgan fingerprint density at radius 2 is 0.683 bits per heavy atom. The lowest BCUT2D eigenvalue weighted by Crippen LogP contribution is -2.30. The fourth-order valence-corrected chi connectivity index (χ4v) is 5.09. The summed E-state index contributed by atoms with van der Waals surface area (Å²) in [7, 11) is 0. The summed E-state index contributed by atoms with van der Waals surface area (Å²) in [4.78, 5) is 18.5. The molecule has 4 aromatic carbocycles. The lowest BCUT2D eigenvalue weighted by atomic mass is 9.83. The Balaban J connectivity index is 1.28. The molecule has 0 fully saturated rings. The summed E-state index contributed by atoms with van der Waals surface area (Å²) < 4.78 is 0. The zero-order valence-corrected chi connectivity index (χ0v) is 22.2. The van der Waals surface area contributed by atoms with Crippen LogP contribution in [0.25, 0.3) is 0 Å². The van der Waals surface area contributed by atoms with Crippen molar-refractivity contribution in [1.82, 2.24) is 19.9 Å². The van der Waals surface area contributed by atoms with E-state index in [4.69, 9.17) is 0 Å². The highest BCUT2D eigenvalue weighted by Crippen LogP contribution is 2.36. The first-order chi connectivity index (χ1) is 20.1. The zero-order valence-electron chi connectivity index (χ0n) is 22.2. The first-order valence-corrected chi connectivity index (χ1v) is 13.4. The second-order valence-corrected chi connectivity index (χ2v) is 9.85. The summed E-state index contributed by atoms with van der Waals surface area (Å²) >= 11 is 0. The van der Waals surface area contributed by atoms with Crippen LogP contribution in [0, 0.1) is 0 Å². The molecule has 0 radical (unpaired) electrons. The largest absolute Gasteiger partial charge is 0.374 e. The number of aromatic nitrogens is 4. The SMILES string of the molecule is OC(c1ccccc1)(c1ccccc1)c1cnc(Cc2cnc(C(O)(c3ccccc3)c3ccccc3)cn2)cn1. The van der Waals surface area contributed by atoms with Crippen molar-refractivity contribution in [1.29, 1.82) is 0 Å². The van der Waals surface area contributed by atoms with Crippen LogP contribution in [0.2, 0.25) is 0 Å². The van der Waals surface area contributed by atoms with Gasteiger partial charge in [0.05, 0.1) is 35.2 Å². The van der Waals surface area contributed by atoms with Crippen LogP contribution in [0.5, 0.6) is 0 Å². The highest BCUT2D eigenvalue weighted by molar-refractivity contribution is 5.45. The third kappa shape index (κ3) is 5.02. The standard InChI is InChI=1S/C35H28N4O2/c40-34(26-13-5-1-6-14-26,27-15-7-2-8-16-27)32-24-36-30(22-38-32)21-31-23-39-33(25-37-31)35(41,28-17-9-3-10-18-28)29-19-11-4-12-20-29/h1-20,22-25,40-41H,21H2. The molecule has 6 nitrogen and oxygen atoms in total. The molecule has 200 valence electrons. The molecule has 0 unspecified atom stereocenters. The number of benzene rings is 4. The lowest BCUT2D eigenvalue weighted by molar-refractivity contribution is 0.120. The van der Waals surface area contributed by atoms with Crippen molar-refractivity contribution in [3.63, 3.8) is 0 Å². The molecule has 2 aromatic heterocycles. The van der Waals surface area contributed by atoms with Gasteiger partial charge in [-0.3, -0.25) is 19.9 Å². The van der Waals surface area contributed by atoms with Crippen LogP contribution < -0.4 is 0 Å². The molecule has 0 saturated heterocycles. The van der Waals surface area contributed by atoms with Crippen molar-refractivity contribution < 1.29 is 10.2 Å². The van der Waals surface area contributed by atoms with Crippen molar-refractivity contribution >= 4 is 0 Å². The molecule has 0 bridgehead atoms. The monoisotopic (exact) mass is 536 g/mol. The average molecular weight is 537 g/mol. The van der Waals surface area contributed by atoms with Crippen LogP contribution >= 0.6 is 0 Å². The second kappa shape index (κ2) is 11.2. The molecule has 0 aliphatic rings. The van der Waals surface area contributed by atoms with E-state index in [1.165, 1.54) is 0 Å². The summed E-state index contributed by atoms with van der Waals surface area (Å²) in [5, 5.41) is 23.9. The predicted molar refractivity (Wildman–Crippen MR) is 157 cm³/mol. The van der Waals surface area contributed by atoms with Crippen molar-refractivity contribution in [3.05, 3.63) is 191 Å². The zero-order chi connectivity index (χ0) is 28.1. The van der Waals surface area contributed by atoms with E-state index in [0.717, 1.165) is 0 Å². The minimum atomic E-state index is -1.45. The van der Waals surface area contributed by atoms with Crippen LogP contribution in [0.1, 0.15) is 45.0 Å². The third-order valence-corrected chi connectivity index (χ3v) is 7.28. The normalized spacial score (nSPS) is 11.8. The Morgan fingerprint density at radius 3 is 0.927 bits per heavy atom. The fraction of sp³-hybridized carbons (Fsp3) is 0.0857. The molecule has 0 spiro atoms. The van der Waals surface area contributed by atoms with Gasteiger partial charge in [-0.05, 0) is 22.3 Å². The van der Waals surface area contributed by atoms with E-state index in [1.54, 1.807) is 24.8 Å². The number of rotatable bonds is 8. The Kier molecular flexibility index (Phi) is 7.17. The van der Waals surface area contributed by atoms with Gasteiger partial charge in [0.1, 0.15) is 0 Å². The van der Waals surface area contributed by atoms with Crippen molar-refractivity contribution in [2.45, 2.75) is 17.6 Å². The lowest BCUT2D eigenvalue weighted by Gasteiger charge is -2.29. The van der Waals surface area contributed by atoms with Crippen molar-refractivity contribution in [2.75, 3.05) is 0 Å². The van der Waals surface area contributed by atoms with Crippen LogP contribution in [0.3, 0.4) is 0 Å². The van der Waals surface area contributed by atoms with E-state index in [9.17, 15) is 10.2 Å². The smallest absolute Gasteiger partial charge is 0.158 e. The van der Waals surface area contributed by atoms with E-state index < -0.39 is 11.2 Å². The van der Waals surface area contributed by atoms with E-state index in [2.05, 4.69) is 19.9 Å². The molecular formula is C35H28N4O2. The summed E-state index contributed by atoms with van der Waals surface area (Å²) in [5.74, 6) is 0. The number of hydrogen-bond donors (Lipinski definition) is 2. The number of hydrogen-bond acceptors (Lipinski definition) is 6. The fourth-order valence-electron chi connectivity index (χ4n) is 5.09. The van der Waals surface area contributed by atoms with Gasteiger partial charge in [-0.25, -0.2) is 0 Å². The van der Waals surface area contributed by atoms with Crippen molar-refractivity contribution in [3.8, 4) is 0 Å². The Bertz CT molecular complexity index is 1490. The van der Waals surface area contributed by atoms with Gasteiger partial charge >= 0.3 is 0 Å². The summed E-state index contributed by atoms with van der Waals surface area (Å²) in [6, 6.07) is 37.8. The second-order valence-electron chi connectivity index (χ2n) is 9.85. The van der Waals surface area contributed by atoms with Gasteiger partial charge in [0, 0.05) is 18.8 Å².